The minimum atomic E-state index is 0.0575. The molecule has 0 aliphatic rings. The Kier molecular flexibility index (Phi) is 6.10. The maximum absolute atomic E-state index is 9.28. The summed E-state index contributed by atoms with van der Waals surface area (Å²) in [6.07, 6.45) is 1.97. The Morgan fingerprint density at radius 2 is 1.89 bits per heavy atom. The maximum atomic E-state index is 9.28. The lowest BCUT2D eigenvalue weighted by Crippen LogP contribution is -2.32. The van der Waals surface area contributed by atoms with Crippen LogP contribution >= 0.6 is 11.8 Å². The molecule has 0 aromatic carbocycles. The minimum absolute atomic E-state index is 0.0575. The predicted molar refractivity (Wildman–Crippen MR) is 81.2 cm³/mol. The smallest absolute Gasteiger partial charge is 0.231 e. The molecule has 8 heteroatoms. The molecule has 1 aromatic heterocycles. The number of thioether (sulfide) groups is 1. The Morgan fingerprint density at radius 3 is 2.37 bits per heavy atom. The van der Waals surface area contributed by atoms with Crippen LogP contribution in [0.3, 0.4) is 0 Å². The third-order valence-electron chi connectivity index (χ3n) is 2.64. The van der Waals surface area contributed by atoms with Crippen molar-refractivity contribution in [3.8, 4) is 0 Å². The molecule has 0 spiro atoms. The minimum Gasteiger partial charge on any atom is -0.395 e. The fourth-order valence-electron chi connectivity index (χ4n) is 1.47. The summed E-state index contributed by atoms with van der Waals surface area (Å²) >= 11 is 1.61. The molecular weight excluding hydrogens is 264 g/mol. The lowest BCUT2D eigenvalue weighted by Gasteiger charge is -2.22. The van der Waals surface area contributed by atoms with Gasteiger partial charge in [0.05, 0.1) is 6.61 Å². The van der Waals surface area contributed by atoms with E-state index in [0.29, 0.717) is 17.8 Å². The van der Waals surface area contributed by atoms with Gasteiger partial charge in [-0.25, -0.2) is 0 Å². The summed E-state index contributed by atoms with van der Waals surface area (Å²) in [5, 5.41) is 15.5. The Bertz CT molecular complexity index is 399. The van der Waals surface area contributed by atoms with Crippen molar-refractivity contribution in [3.05, 3.63) is 0 Å². The number of aliphatic hydroxyl groups excluding tert-OH is 1. The Morgan fingerprint density at radius 1 is 1.26 bits per heavy atom. The van der Waals surface area contributed by atoms with Crippen LogP contribution in [0.15, 0.2) is 0 Å². The molecule has 3 N–H and O–H groups in total. The molecule has 0 aliphatic carbocycles. The fraction of sp³-hybridized carbons (Fsp3) is 0.727. The van der Waals surface area contributed by atoms with Crippen LogP contribution in [0.4, 0.5) is 17.8 Å². The first kappa shape index (κ1) is 15.8. The van der Waals surface area contributed by atoms with Gasteiger partial charge in [0.2, 0.25) is 17.8 Å². The van der Waals surface area contributed by atoms with E-state index in [4.69, 9.17) is 0 Å². The normalized spacial score (nSPS) is 13.8. The van der Waals surface area contributed by atoms with Gasteiger partial charge >= 0.3 is 0 Å². The lowest BCUT2D eigenvalue weighted by molar-refractivity contribution is 0.288. The molecule has 0 amide bonds. The molecule has 2 unspecified atom stereocenters. The number of nitrogens with one attached hydrogen (secondary N) is 2. The average molecular weight is 286 g/mol. The molecule has 1 heterocycles. The van der Waals surface area contributed by atoms with Gasteiger partial charge in [0.15, 0.2) is 0 Å². The second-order valence-electron chi connectivity index (χ2n) is 4.32. The van der Waals surface area contributed by atoms with Crippen molar-refractivity contribution >= 4 is 29.6 Å². The highest BCUT2D eigenvalue weighted by Crippen LogP contribution is 2.16. The Labute approximate surface area is 118 Å². The summed E-state index contributed by atoms with van der Waals surface area (Å²) < 4.78 is 0. The van der Waals surface area contributed by atoms with Gasteiger partial charge in [-0.15, -0.1) is 0 Å². The number of nitrogens with zero attached hydrogens (tertiary/aromatic N) is 4. The summed E-state index contributed by atoms with van der Waals surface area (Å²) in [4.78, 5) is 14.7. The summed E-state index contributed by atoms with van der Waals surface area (Å²) in [5.74, 6) is 1.60. The summed E-state index contributed by atoms with van der Waals surface area (Å²) in [5.41, 5.74) is 0. The molecule has 19 heavy (non-hydrogen) atoms. The van der Waals surface area contributed by atoms with Crippen molar-refractivity contribution in [1.29, 1.82) is 0 Å². The van der Waals surface area contributed by atoms with Crippen molar-refractivity contribution in [3.63, 3.8) is 0 Å². The first-order valence-corrected chi connectivity index (χ1v) is 7.32. The van der Waals surface area contributed by atoms with Crippen LogP contribution in [0.5, 0.6) is 0 Å². The molecule has 2 atom stereocenters. The van der Waals surface area contributed by atoms with Crippen LogP contribution in [0.1, 0.15) is 6.92 Å². The highest BCUT2D eigenvalue weighted by molar-refractivity contribution is 7.99. The monoisotopic (exact) mass is 286 g/mol. The van der Waals surface area contributed by atoms with Crippen molar-refractivity contribution in [2.75, 3.05) is 49.5 Å². The van der Waals surface area contributed by atoms with E-state index < -0.39 is 0 Å². The topological polar surface area (TPSA) is 86.2 Å². The number of aromatic nitrogens is 3. The fourth-order valence-corrected chi connectivity index (χ4v) is 2.10. The van der Waals surface area contributed by atoms with Gasteiger partial charge in [-0.3, -0.25) is 0 Å². The molecule has 1 aromatic rings. The number of anilines is 3. The highest BCUT2D eigenvalue weighted by Gasteiger charge is 2.17. The molecule has 108 valence electrons. The standard InChI is InChI=1S/C11H22N6OS/c1-7(8(6-18)19-5)13-10-14-9(12-2)15-11(16-10)17(3)4/h7-8,18H,6H2,1-5H3,(H2,12,13,14,15,16). The molecule has 0 saturated heterocycles. The first-order chi connectivity index (χ1) is 9.01. The summed E-state index contributed by atoms with van der Waals surface area (Å²) in [7, 11) is 5.52. The maximum Gasteiger partial charge on any atom is 0.231 e. The molecule has 7 nitrogen and oxygen atoms in total. The van der Waals surface area contributed by atoms with E-state index in [-0.39, 0.29) is 17.9 Å². The van der Waals surface area contributed by atoms with Crippen LogP contribution in [0.25, 0.3) is 0 Å². The zero-order valence-corrected chi connectivity index (χ0v) is 12.8. The largest absolute Gasteiger partial charge is 0.395 e. The second kappa shape index (κ2) is 7.34. The third-order valence-corrected chi connectivity index (χ3v) is 3.81. The van der Waals surface area contributed by atoms with Gasteiger partial charge in [-0.2, -0.15) is 26.7 Å². The van der Waals surface area contributed by atoms with E-state index in [9.17, 15) is 5.11 Å². The van der Waals surface area contributed by atoms with Gasteiger partial charge in [0.1, 0.15) is 0 Å². The number of aliphatic hydroxyl groups is 1. The Balaban J connectivity index is 2.90. The molecule has 0 aliphatic heterocycles. The van der Waals surface area contributed by atoms with E-state index in [1.54, 1.807) is 18.8 Å². The van der Waals surface area contributed by atoms with E-state index >= 15 is 0 Å². The second-order valence-corrected chi connectivity index (χ2v) is 5.39. The molecule has 0 fully saturated rings. The summed E-state index contributed by atoms with van der Waals surface area (Å²) in [6, 6.07) is 0.0575. The third kappa shape index (κ3) is 4.39. The predicted octanol–water partition coefficient (Wildman–Crippen LogP) is 0.504. The highest BCUT2D eigenvalue weighted by atomic mass is 32.2. The van der Waals surface area contributed by atoms with Crippen molar-refractivity contribution in [2.45, 2.75) is 18.2 Å². The number of hydrogen-bond donors (Lipinski definition) is 3. The number of hydrogen-bond acceptors (Lipinski definition) is 8. The van der Waals surface area contributed by atoms with E-state index in [2.05, 4.69) is 25.6 Å². The van der Waals surface area contributed by atoms with Gasteiger partial charge in [-0.05, 0) is 13.2 Å². The van der Waals surface area contributed by atoms with Crippen molar-refractivity contribution in [2.24, 2.45) is 0 Å². The van der Waals surface area contributed by atoms with Gasteiger partial charge in [-0.1, -0.05) is 0 Å². The quantitative estimate of drug-likeness (QED) is 0.668. The molecule has 0 radical (unpaired) electrons. The van der Waals surface area contributed by atoms with Crippen LogP contribution in [-0.4, -0.2) is 65.4 Å². The van der Waals surface area contributed by atoms with Crippen LogP contribution in [0.2, 0.25) is 0 Å². The van der Waals surface area contributed by atoms with Crippen LogP contribution in [0, 0.1) is 0 Å². The van der Waals surface area contributed by atoms with Crippen LogP contribution in [-0.2, 0) is 0 Å². The van der Waals surface area contributed by atoms with E-state index in [1.165, 1.54) is 0 Å². The SMILES string of the molecule is CNc1nc(NC(C)C(CO)SC)nc(N(C)C)n1. The Hall–Kier alpha value is -1.28. The van der Waals surface area contributed by atoms with E-state index in [1.807, 2.05) is 32.2 Å². The van der Waals surface area contributed by atoms with Crippen molar-refractivity contribution in [1.82, 2.24) is 15.0 Å². The molecule has 0 saturated carbocycles. The molecular formula is C11H22N6OS. The van der Waals surface area contributed by atoms with Crippen LogP contribution < -0.4 is 15.5 Å². The lowest BCUT2D eigenvalue weighted by atomic mass is 10.2. The van der Waals surface area contributed by atoms with E-state index in [0.717, 1.165) is 0 Å². The van der Waals surface area contributed by atoms with Crippen molar-refractivity contribution < 1.29 is 5.11 Å². The van der Waals surface area contributed by atoms with Gasteiger partial charge in [0.25, 0.3) is 0 Å². The molecule has 0 bridgehead atoms. The molecule has 1 rings (SSSR count). The average Bonchev–Trinajstić information content (AvgIpc) is 2.39. The zero-order chi connectivity index (χ0) is 14.4. The number of rotatable bonds is 7. The first-order valence-electron chi connectivity index (χ1n) is 6.03. The summed E-state index contributed by atoms with van der Waals surface area (Å²) in [6.45, 7) is 2.11. The van der Waals surface area contributed by atoms with Gasteiger partial charge in [0, 0.05) is 32.4 Å². The van der Waals surface area contributed by atoms with Gasteiger partial charge < -0.3 is 20.6 Å². The zero-order valence-electron chi connectivity index (χ0n) is 12.0.